The molecular weight excluding hydrogens is 384 g/mol. The summed E-state index contributed by atoms with van der Waals surface area (Å²) in [6, 6.07) is 6.88. The van der Waals surface area contributed by atoms with Gasteiger partial charge < -0.3 is 19.9 Å². The van der Waals surface area contributed by atoms with Crippen LogP contribution < -0.4 is 10.5 Å². The number of hydrogen-bond donors (Lipinski definition) is 1. The number of carbonyl (C=O) groups excluding carboxylic acids is 2. The molecule has 8 heteroatoms. The van der Waals surface area contributed by atoms with Gasteiger partial charge >= 0.3 is 11.9 Å². The number of aryl methyl sites for hydroxylation is 1. The van der Waals surface area contributed by atoms with Crippen molar-refractivity contribution < 1.29 is 23.8 Å². The molecule has 0 radical (unpaired) electrons. The minimum atomic E-state index is -0.676. The molecule has 0 amide bonds. The zero-order valence-corrected chi connectivity index (χ0v) is 16.8. The molecule has 0 saturated heterocycles. The average Bonchev–Trinajstić information content (AvgIpc) is 2.70. The minimum absolute atomic E-state index is 0.0148. The van der Waals surface area contributed by atoms with Crippen molar-refractivity contribution in [2.24, 2.45) is 5.73 Å². The zero-order chi connectivity index (χ0) is 20.7. The largest absolute Gasteiger partial charge is 0.476 e. The van der Waals surface area contributed by atoms with Gasteiger partial charge in [-0.25, -0.2) is 14.6 Å². The lowest BCUT2D eigenvalue weighted by Crippen LogP contribution is -2.20. The van der Waals surface area contributed by atoms with Crippen LogP contribution >= 0.6 is 11.6 Å². The molecule has 150 valence electrons. The highest BCUT2D eigenvalue weighted by Gasteiger charge is 2.31. The SMILES string of the molecule is CCOC(=O)c1c(OCCN)nc(CC)c(C(=O)OC)c1-c1ccccc1Cl. The Kier molecular flexibility index (Phi) is 7.78. The lowest BCUT2D eigenvalue weighted by Gasteiger charge is -2.20. The van der Waals surface area contributed by atoms with Crippen LogP contribution in [0.4, 0.5) is 0 Å². The molecule has 0 atom stereocenters. The molecule has 0 saturated carbocycles. The van der Waals surface area contributed by atoms with Crippen LogP contribution in [0.5, 0.6) is 5.88 Å². The zero-order valence-electron chi connectivity index (χ0n) is 16.1. The smallest absolute Gasteiger partial charge is 0.344 e. The first-order chi connectivity index (χ1) is 13.5. The van der Waals surface area contributed by atoms with Crippen LogP contribution in [0.2, 0.25) is 5.02 Å². The van der Waals surface area contributed by atoms with Gasteiger partial charge in [0.1, 0.15) is 12.2 Å². The van der Waals surface area contributed by atoms with E-state index in [-0.39, 0.29) is 42.3 Å². The van der Waals surface area contributed by atoms with Gasteiger partial charge in [0.05, 0.1) is 25.0 Å². The van der Waals surface area contributed by atoms with Gasteiger partial charge in [-0.2, -0.15) is 0 Å². The van der Waals surface area contributed by atoms with Gasteiger partial charge in [0, 0.05) is 22.7 Å². The maximum Gasteiger partial charge on any atom is 0.344 e. The summed E-state index contributed by atoms with van der Waals surface area (Å²) in [4.78, 5) is 29.9. The van der Waals surface area contributed by atoms with E-state index in [0.717, 1.165) is 0 Å². The average molecular weight is 407 g/mol. The highest BCUT2D eigenvalue weighted by atomic mass is 35.5. The van der Waals surface area contributed by atoms with Crippen molar-refractivity contribution in [2.45, 2.75) is 20.3 Å². The molecule has 0 aliphatic heterocycles. The predicted octanol–water partition coefficient (Wildman–Crippen LogP) is 3.27. The van der Waals surface area contributed by atoms with Crippen LogP contribution in [0.1, 0.15) is 40.3 Å². The molecule has 2 aromatic rings. The summed E-state index contributed by atoms with van der Waals surface area (Å²) in [6.07, 6.45) is 0.407. The number of nitrogens with two attached hydrogens (primary N) is 1. The van der Waals surface area contributed by atoms with E-state index in [1.807, 2.05) is 6.92 Å². The highest BCUT2D eigenvalue weighted by Crippen LogP contribution is 2.39. The predicted molar refractivity (Wildman–Crippen MR) is 106 cm³/mol. The normalized spacial score (nSPS) is 10.5. The monoisotopic (exact) mass is 406 g/mol. The fourth-order valence-electron chi connectivity index (χ4n) is 2.77. The Hall–Kier alpha value is -2.64. The van der Waals surface area contributed by atoms with Gasteiger partial charge in [-0.1, -0.05) is 36.7 Å². The molecule has 0 bridgehead atoms. The maximum atomic E-state index is 12.8. The van der Waals surface area contributed by atoms with Crippen molar-refractivity contribution >= 4 is 23.5 Å². The van der Waals surface area contributed by atoms with Gasteiger partial charge in [-0.3, -0.25) is 0 Å². The van der Waals surface area contributed by atoms with E-state index in [0.29, 0.717) is 22.7 Å². The Labute approximate surface area is 168 Å². The molecule has 0 fully saturated rings. The Balaban J connectivity index is 2.97. The fraction of sp³-hybridized carbons (Fsp3) is 0.350. The first kappa shape index (κ1) is 21.7. The van der Waals surface area contributed by atoms with Gasteiger partial charge in [-0.05, 0) is 19.4 Å². The Morgan fingerprint density at radius 2 is 1.86 bits per heavy atom. The highest BCUT2D eigenvalue weighted by molar-refractivity contribution is 6.34. The molecule has 1 aromatic carbocycles. The van der Waals surface area contributed by atoms with Crippen LogP contribution in [0, 0.1) is 0 Å². The second kappa shape index (κ2) is 10.1. The molecule has 0 spiro atoms. The summed E-state index contributed by atoms with van der Waals surface area (Å²) >= 11 is 6.40. The van der Waals surface area contributed by atoms with Crippen molar-refractivity contribution in [1.82, 2.24) is 4.98 Å². The van der Waals surface area contributed by atoms with Crippen molar-refractivity contribution in [3.05, 3.63) is 46.1 Å². The molecule has 0 unspecified atom stereocenters. The molecule has 1 heterocycles. The van der Waals surface area contributed by atoms with E-state index >= 15 is 0 Å². The molecule has 0 aliphatic carbocycles. The van der Waals surface area contributed by atoms with Crippen LogP contribution in [-0.4, -0.2) is 43.8 Å². The summed E-state index contributed by atoms with van der Waals surface area (Å²) < 4.78 is 15.8. The summed E-state index contributed by atoms with van der Waals surface area (Å²) in [5.41, 5.74) is 6.87. The van der Waals surface area contributed by atoms with E-state index in [2.05, 4.69) is 4.98 Å². The van der Waals surface area contributed by atoms with Crippen LogP contribution in [0.25, 0.3) is 11.1 Å². The third-order valence-corrected chi connectivity index (χ3v) is 4.27. The number of esters is 2. The standard InChI is InChI=1S/C20H23ClN2O5/c1-4-14-16(19(24)26-3)15(12-8-6-7-9-13(12)21)17(20(25)27-5-2)18(23-14)28-11-10-22/h6-9H,4-5,10-11,22H2,1-3H3. The van der Waals surface area contributed by atoms with Gasteiger partial charge in [0.25, 0.3) is 0 Å². The van der Waals surface area contributed by atoms with Crippen molar-refractivity contribution in [2.75, 3.05) is 26.9 Å². The summed E-state index contributed by atoms with van der Waals surface area (Å²) in [5.74, 6) is -1.26. The number of nitrogens with zero attached hydrogens (tertiary/aromatic N) is 1. The first-order valence-corrected chi connectivity index (χ1v) is 9.27. The number of ether oxygens (including phenoxy) is 3. The third-order valence-electron chi connectivity index (χ3n) is 3.94. The van der Waals surface area contributed by atoms with E-state index in [4.69, 9.17) is 31.5 Å². The summed E-state index contributed by atoms with van der Waals surface area (Å²) in [6.45, 7) is 4.03. The molecule has 28 heavy (non-hydrogen) atoms. The van der Waals surface area contributed by atoms with E-state index < -0.39 is 11.9 Å². The minimum Gasteiger partial charge on any atom is -0.476 e. The van der Waals surface area contributed by atoms with Crippen molar-refractivity contribution in [3.63, 3.8) is 0 Å². The Bertz CT molecular complexity index is 870. The van der Waals surface area contributed by atoms with E-state index in [1.165, 1.54) is 7.11 Å². The Morgan fingerprint density at radius 3 is 2.43 bits per heavy atom. The molecule has 0 aliphatic rings. The molecular formula is C20H23ClN2O5. The van der Waals surface area contributed by atoms with Crippen molar-refractivity contribution in [1.29, 1.82) is 0 Å². The van der Waals surface area contributed by atoms with E-state index in [1.54, 1.807) is 31.2 Å². The number of carbonyl (C=O) groups is 2. The number of rotatable bonds is 8. The first-order valence-electron chi connectivity index (χ1n) is 8.90. The third kappa shape index (κ3) is 4.43. The lowest BCUT2D eigenvalue weighted by molar-refractivity contribution is 0.0521. The van der Waals surface area contributed by atoms with Gasteiger partial charge in [0.15, 0.2) is 0 Å². The number of benzene rings is 1. The summed E-state index contributed by atoms with van der Waals surface area (Å²) in [7, 11) is 1.26. The maximum absolute atomic E-state index is 12.8. The molecule has 1 aromatic heterocycles. The molecule has 2 rings (SSSR count). The fourth-order valence-corrected chi connectivity index (χ4v) is 3.00. The lowest BCUT2D eigenvalue weighted by atomic mass is 9.93. The Morgan fingerprint density at radius 1 is 1.14 bits per heavy atom. The topological polar surface area (TPSA) is 101 Å². The van der Waals surface area contributed by atoms with Gasteiger partial charge in [-0.15, -0.1) is 0 Å². The number of methoxy groups -OCH3 is 1. The van der Waals surface area contributed by atoms with Crippen LogP contribution in [0.15, 0.2) is 24.3 Å². The van der Waals surface area contributed by atoms with Crippen LogP contribution in [0.3, 0.4) is 0 Å². The van der Waals surface area contributed by atoms with Crippen LogP contribution in [-0.2, 0) is 15.9 Å². The van der Waals surface area contributed by atoms with Gasteiger partial charge in [0.2, 0.25) is 5.88 Å². The van der Waals surface area contributed by atoms with E-state index in [9.17, 15) is 9.59 Å². The summed E-state index contributed by atoms with van der Waals surface area (Å²) in [5, 5.41) is 0.358. The number of hydrogen-bond acceptors (Lipinski definition) is 7. The second-order valence-electron chi connectivity index (χ2n) is 5.67. The second-order valence-corrected chi connectivity index (χ2v) is 6.08. The number of aromatic nitrogens is 1. The number of pyridine rings is 1. The molecule has 2 N–H and O–H groups in total. The molecule has 7 nitrogen and oxygen atoms in total. The van der Waals surface area contributed by atoms with Crippen molar-refractivity contribution in [3.8, 4) is 17.0 Å². The number of halogens is 1. The quantitative estimate of drug-likeness (QED) is 0.671.